The van der Waals surface area contributed by atoms with Crippen LogP contribution in [-0.2, 0) is 15.8 Å². The van der Waals surface area contributed by atoms with Crippen molar-refractivity contribution in [2.45, 2.75) is 33.0 Å². The van der Waals surface area contributed by atoms with E-state index in [0.717, 1.165) is 34.7 Å². The molecular formula is C29H26F3NO4. The first-order valence-corrected chi connectivity index (χ1v) is 11.8. The van der Waals surface area contributed by atoms with Crippen molar-refractivity contribution in [3.8, 4) is 5.75 Å². The van der Waals surface area contributed by atoms with E-state index in [1.165, 1.54) is 0 Å². The van der Waals surface area contributed by atoms with Crippen LogP contribution in [0.15, 0.2) is 78.4 Å². The maximum absolute atomic E-state index is 13.3. The van der Waals surface area contributed by atoms with Crippen molar-refractivity contribution < 1.29 is 32.6 Å². The molecule has 5 nitrogen and oxygen atoms in total. The second-order valence-corrected chi connectivity index (χ2v) is 9.30. The monoisotopic (exact) mass is 509 g/mol. The van der Waals surface area contributed by atoms with Crippen LogP contribution in [0.1, 0.15) is 42.1 Å². The summed E-state index contributed by atoms with van der Waals surface area (Å²) in [6, 6.07) is 16.5. The minimum atomic E-state index is -4.55. The topological polar surface area (TPSA) is 66.8 Å². The summed E-state index contributed by atoms with van der Waals surface area (Å²) < 4.78 is 45.0. The van der Waals surface area contributed by atoms with Crippen LogP contribution >= 0.6 is 0 Å². The molecule has 1 amide bonds. The second-order valence-electron chi connectivity index (χ2n) is 9.30. The van der Waals surface area contributed by atoms with E-state index in [0.29, 0.717) is 29.4 Å². The maximum Gasteiger partial charge on any atom is 0.416 e. The lowest BCUT2D eigenvalue weighted by Crippen LogP contribution is -2.29. The third-order valence-corrected chi connectivity index (χ3v) is 6.11. The number of amides is 1. The van der Waals surface area contributed by atoms with E-state index in [2.05, 4.69) is 0 Å². The largest absolute Gasteiger partial charge is 0.507 e. The number of aliphatic hydroxyl groups excluding tert-OH is 1. The highest BCUT2D eigenvalue weighted by atomic mass is 19.4. The van der Waals surface area contributed by atoms with Crippen LogP contribution in [0.3, 0.4) is 0 Å². The number of benzene rings is 3. The number of nitrogens with zero attached hydrogens (tertiary/aromatic N) is 1. The van der Waals surface area contributed by atoms with Gasteiger partial charge in [0.25, 0.3) is 11.7 Å². The Morgan fingerprint density at radius 2 is 1.59 bits per heavy atom. The number of Topliss-reactive ketones (excluding diaryl/α,β-unsaturated/α-hetero) is 1. The fourth-order valence-corrected chi connectivity index (χ4v) is 4.23. The molecule has 0 bridgehead atoms. The average Bonchev–Trinajstić information content (AvgIpc) is 3.12. The highest BCUT2D eigenvalue weighted by molar-refractivity contribution is 6.51. The average molecular weight is 510 g/mol. The number of hydrogen-bond acceptors (Lipinski definition) is 4. The van der Waals surface area contributed by atoms with Gasteiger partial charge in [0.15, 0.2) is 0 Å². The Kier molecular flexibility index (Phi) is 7.12. The molecule has 0 aromatic heterocycles. The van der Waals surface area contributed by atoms with E-state index >= 15 is 0 Å². The Morgan fingerprint density at radius 1 is 0.973 bits per heavy atom. The Labute approximate surface area is 212 Å². The van der Waals surface area contributed by atoms with Crippen LogP contribution in [0.2, 0.25) is 0 Å². The molecule has 0 radical (unpaired) electrons. The van der Waals surface area contributed by atoms with Crippen LogP contribution in [-0.4, -0.2) is 23.4 Å². The number of anilines is 1. The summed E-state index contributed by atoms with van der Waals surface area (Å²) in [6.07, 6.45) is -4.55. The van der Waals surface area contributed by atoms with Gasteiger partial charge in [-0.15, -0.1) is 0 Å². The molecule has 0 aliphatic carbocycles. The number of carbonyl (C=O) groups excluding carboxylic acids is 2. The summed E-state index contributed by atoms with van der Waals surface area (Å²) in [7, 11) is 0. The van der Waals surface area contributed by atoms with Gasteiger partial charge in [0.1, 0.15) is 11.5 Å². The van der Waals surface area contributed by atoms with Gasteiger partial charge in [0.2, 0.25) is 0 Å². The Bertz CT molecular complexity index is 1340. The molecule has 1 heterocycles. The molecular weight excluding hydrogens is 483 g/mol. The highest BCUT2D eigenvalue weighted by Gasteiger charge is 2.47. The molecule has 1 aliphatic rings. The fraction of sp³-hybridized carbons (Fsp3) is 0.241. The molecule has 192 valence electrons. The number of hydrogen-bond donors (Lipinski definition) is 1. The van der Waals surface area contributed by atoms with E-state index in [9.17, 15) is 27.9 Å². The van der Waals surface area contributed by atoms with Gasteiger partial charge in [-0.2, -0.15) is 13.2 Å². The van der Waals surface area contributed by atoms with Crippen LogP contribution in [0, 0.1) is 12.8 Å². The van der Waals surface area contributed by atoms with Gasteiger partial charge in [0, 0.05) is 11.3 Å². The van der Waals surface area contributed by atoms with Crippen molar-refractivity contribution in [1.29, 1.82) is 0 Å². The molecule has 1 unspecified atom stereocenters. The van der Waals surface area contributed by atoms with Gasteiger partial charge in [-0.25, -0.2) is 0 Å². The zero-order chi connectivity index (χ0) is 26.9. The number of alkyl halides is 3. The van der Waals surface area contributed by atoms with Crippen LogP contribution in [0.4, 0.5) is 18.9 Å². The third-order valence-electron chi connectivity index (χ3n) is 6.11. The number of halogens is 3. The molecule has 3 aromatic carbocycles. The fourth-order valence-electron chi connectivity index (χ4n) is 4.23. The summed E-state index contributed by atoms with van der Waals surface area (Å²) in [5, 5.41) is 11.2. The summed E-state index contributed by atoms with van der Waals surface area (Å²) >= 11 is 0. The van der Waals surface area contributed by atoms with E-state index in [4.69, 9.17) is 4.74 Å². The van der Waals surface area contributed by atoms with Crippen molar-refractivity contribution in [2.75, 3.05) is 11.5 Å². The predicted molar refractivity (Wildman–Crippen MR) is 134 cm³/mol. The SMILES string of the molecule is Cc1ccccc1C1/C(=C(\O)c2ccc(OCC(C)C)cc2)C(=O)C(=O)N1c1ccc(C(F)(F)F)cc1. The zero-order valence-electron chi connectivity index (χ0n) is 20.5. The van der Waals surface area contributed by atoms with Gasteiger partial charge in [0.05, 0.1) is 23.8 Å². The Morgan fingerprint density at radius 3 is 2.16 bits per heavy atom. The number of aliphatic hydroxyl groups is 1. The lowest BCUT2D eigenvalue weighted by Gasteiger charge is -2.27. The van der Waals surface area contributed by atoms with Crippen LogP contribution < -0.4 is 9.64 Å². The number of rotatable bonds is 6. The van der Waals surface area contributed by atoms with Gasteiger partial charge in [-0.05, 0) is 72.5 Å². The molecule has 0 saturated carbocycles. The highest BCUT2D eigenvalue weighted by Crippen LogP contribution is 2.43. The smallest absolute Gasteiger partial charge is 0.416 e. The third kappa shape index (κ3) is 5.23. The minimum Gasteiger partial charge on any atom is -0.507 e. The predicted octanol–water partition coefficient (Wildman–Crippen LogP) is 6.67. The standard InChI is InChI=1S/C29H26F3NO4/c1-17(2)16-37-22-14-8-19(9-15-22)26(34)24-25(23-7-5-4-6-18(23)3)33(28(36)27(24)35)21-12-10-20(11-13-21)29(30,31)32/h4-15,17,25,34H,16H2,1-3H3/b26-24+. The van der Waals surface area contributed by atoms with Crippen LogP contribution in [0.25, 0.3) is 5.76 Å². The number of aryl methyl sites for hydroxylation is 1. The van der Waals surface area contributed by atoms with Gasteiger partial charge >= 0.3 is 6.18 Å². The molecule has 3 aromatic rings. The Balaban J connectivity index is 1.82. The van der Waals surface area contributed by atoms with E-state index in [1.54, 1.807) is 55.5 Å². The van der Waals surface area contributed by atoms with Gasteiger partial charge in [-0.3, -0.25) is 14.5 Å². The van der Waals surface area contributed by atoms with Gasteiger partial charge < -0.3 is 9.84 Å². The zero-order valence-corrected chi connectivity index (χ0v) is 20.5. The normalized spacial score (nSPS) is 17.5. The maximum atomic E-state index is 13.3. The molecule has 1 saturated heterocycles. The lowest BCUT2D eigenvalue weighted by molar-refractivity contribution is -0.137. The van der Waals surface area contributed by atoms with Gasteiger partial charge in [-0.1, -0.05) is 38.1 Å². The molecule has 1 N–H and O–H groups in total. The summed E-state index contributed by atoms with van der Waals surface area (Å²) in [5.74, 6) is -1.33. The molecule has 4 rings (SSSR count). The van der Waals surface area contributed by atoms with Crippen molar-refractivity contribution in [1.82, 2.24) is 0 Å². The van der Waals surface area contributed by atoms with Crippen molar-refractivity contribution >= 4 is 23.1 Å². The lowest BCUT2D eigenvalue weighted by atomic mass is 9.92. The summed E-state index contributed by atoms with van der Waals surface area (Å²) in [4.78, 5) is 27.6. The van der Waals surface area contributed by atoms with E-state index in [-0.39, 0.29) is 17.0 Å². The number of ketones is 1. The van der Waals surface area contributed by atoms with E-state index in [1.807, 2.05) is 13.8 Å². The number of ether oxygens (including phenoxy) is 1. The summed E-state index contributed by atoms with van der Waals surface area (Å²) in [6.45, 7) is 6.34. The first-order chi connectivity index (χ1) is 17.5. The molecule has 8 heteroatoms. The number of carbonyl (C=O) groups is 2. The molecule has 37 heavy (non-hydrogen) atoms. The molecule has 1 fully saturated rings. The van der Waals surface area contributed by atoms with Crippen LogP contribution in [0.5, 0.6) is 5.75 Å². The molecule has 0 spiro atoms. The van der Waals surface area contributed by atoms with E-state index < -0.39 is 29.5 Å². The Hall–Kier alpha value is -4.07. The van der Waals surface area contributed by atoms with Crippen molar-refractivity contribution in [3.05, 3.63) is 101 Å². The first kappa shape index (κ1) is 26.0. The van der Waals surface area contributed by atoms with Crippen molar-refractivity contribution in [3.63, 3.8) is 0 Å². The summed E-state index contributed by atoms with van der Waals surface area (Å²) in [5.41, 5.74) is 0.713. The van der Waals surface area contributed by atoms with Crippen molar-refractivity contribution in [2.24, 2.45) is 5.92 Å². The first-order valence-electron chi connectivity index (χ1n) is 11.8. The molecule has 1 atom stereocenters. The second kappa shape index (κ2) is 10.1. The molecule has 1 aliphatic heterocycles. The quantitative estimate of drug-likeness (QED) is 0.229. The minimum absolute atomic E-state index is 0.111.